The molecule has 1 amide bonds. The normalized spacial score (nSPS) is 14.4. The summed E-state index contributed by atoms with van der Waals surface area (Å²) >= 11 is 0. The number of hydrogen-bond donors (Lipinski definition) is 2. The van der Waals surface area contributed by atoms with Gasteiger partial charge in [0.05, 0.1) is 6.04 Å². The van der Waals surface area contributed by atoms with Gasteiger partial charge in [0, 0.05) is 13.1 Å². The van der Waals surface area contributed by atoms with E-state index in [1.54, 1.807) is 11.8 Å². The minimum absolute atomic E-state index is 0.0619. The van der Waals surface area contributed by atoms with Crippen molar-refractivity contribution in [3.8, 4) is 0 Å². The highest BCUT2D eigenvalue weighted by molar-refractivity contribution is 5.82. The van der Waals surface area contributed by atoms with E-state index in [1.807, 2.05) is 13.8 Å². The molecule has 0 aliphatic heterocycles. The standard InChI is InChI=1S/C10H20N2O3/c1-5-12(6-2)9(13)7(3)11-8(4)10(14)15/h7-8,11H,5-6H2,1-4H3,(H,14,15). The largest absolute Gasteiger partial charge is 0.480 e. The van der Waals surface area contributed by atoms with Crippen LogP contribution in [-0.4, -0.2) is 47.1 Å². The SMILES string of the molecule is CCN(CC)C(=O)C(C)NC(C)C(=O)O. The Morgan fingerprint density at radius 1 is 1.20 bits per heavy atom. The number of rotatable bonds is 6. The van der Waals surface area contributed by atoms with Gasteiger partial charge in [0.15, 0.2) is 0 Å². The summed E-state index contributed by atoms with van der Waals surface area (Å²) in [6, 6.07) is -1.17. The lowest BCUT2D eigenvalue weighted by atomic mass is 10.2. The molecule has 0 saturated heterocycles. The van der Waals surface area contributed by atoms with Gasteiger partial charge in [-0.25, -0.2) is 0 Å². The summed E-state index contributed by atoms with van der Waals surface area (Å²) in [4.78, 5) is 24.0. The van der Waals surface area contributed by atoms with E-state index >= 15 is 0 Å². The Hall–Kier alpha value is -1.10. The fourth-order valence-electron chi connectivity index (χ4n) is 1.33. The van der Waals surface area contributed by atoms with E-state index in [4.69, 9.17) is 5.11 Å². The molecular weight excluding hydrogens is 196 g/mol. The third kappa shape index (κ3) is 4.29. The molecule has 0 spiro atoms. The second kappa shape index (κ2) is 6.40. The van der Waals surface area contributed by atoms with Gasteiger partial charge in [0.25, 0.3) is 0 Å². The van der Waals surface area contributed by atoms with Crippen LogP contribution >= 0.6 is 0 Å². The van der Waals surface area contributed by atoms with Gasteiger partial charge < -0.3 is 10.0 Å². The van der Waals surface area contributed by atoms with Gasteiger partial charge in [-0.3, -0.25) is 14.9 Å². The number of carbonyl (C=O) groups is 2. The summed E-state index contributed by atoms with van der Waals surface area (Å²) in [7, 11) is 0. The molecule has 5 nitrogen and oxygen atoms in total. The van der Waals surface area contributed by atoms with Gasteiger partial charge in [-0.15, -0.1) is 0 Å². The smallest absolute Gasteiger partial charge is 0.320 e. The number of carboxylic acid groups (broad SMARTS) is 1. The number of likely N-dealkylation sites (N-methyl/N-ethyl adjacent to an activating group) is 1. The maximum Gasteiger partial charge on any atom is 0.320 e. The second-order valence-corrected chi connectivity index (χ2v) is 3.46. The molecule has 0 fully saturated rings. The van der Waals surface area contributed by atoms with Crippen LogP contribution in [0.15, 0.2) is 0 Å². The average Bonchev–Trinajstić information content (AvgIpc) is 2.19. The summed E-state index contributed by atoms with van der Waals surface area (Å²) in [5.41, 5.74) is 0. The van der Waals surface area contributed by atoms with Crippen molar-refractivity contribution in [2.75, 3.05) is 13.1 Å². The molecular formula is C10H20N2O3. The van der Waals surface area contributed by atoms with Gasteiger partial charge in [-0.2, -0.15) is 0 Å². The molecule has 0 saturated carbocycles. The van der Waals surface area contributed by atoms with E-state index in [1.165, 1.54) is 6.92 Å². The van der Waals surface area contributed by atoms with E-state index in [-0.39, 0.29) is 5.91 Å². The number of hydrogen-bond acceptors (Lipinski definition) is 3. The molecule has 0 aromatic heterocycles. The van der Waals surface area contributed by atoms with Crippen molar-refractivity contribution in [2.24, 2.45) is 0 Å². The summed E-state index contributed by atoms with van der Waals surface area (Å²) in [6.45, 7) is 8.28. The summed E-state index contributed by atoms with van der Waals surface area (Å²) < 4.78 is 0. The first-order valence-corrected chi connectivity index (χ1v) is 5.21. The number of carboxylic acids is 1. The summed E-state index contributed by atoms with van der Waals surface area (Å²) in [5.74, 6) is -1.01. The minimum Gasteiger partial charge on any atom is -0.480 e. The molecule has 0 rings (SSSR count). The predicted molar refractivity (Wildman–Crippen MR) is 57.6 cm³/mol. The van der Waals surface area contributed by atoms with Crippen molar-refractivity contribution in [1.82, 2.24) is 10.2 Å². The van der Waals surface area contributed by atoms with Crippen LogP contribution in [0.2, 0.25) is 0 Å². The second-order valence-electron chi connectivity index (χ2n) is 3.46. The van der Waals surface area contributed by atoms with Crippen molar-refractivity contribution >= 4 is 11.9 Å². The lowest BCUT2D eigenvalue weighted by Crippen LogP contribution is -2.49. The van der Waals surface area contributed by atoms with Crippen molar-refractivity contribution in [1.29, 1.82) is 0 Å². The minimum atomic E-state index is -0.950. The van der Waals surface area contributed by atoms with Gasteiger partial charge in [-0.1, -0.05) is 0 Å². The maximum absolute atomic E-state index is 11.7. The van der Waals surface area contributed by atoms with E-state index in [2.05, 4.69) is 5.32 Å². The van der Waals surface area contributed by atoms with Crippen molar-refractivity contribution in [3.05, 3.63) is 0 Å². The Morgan fingerprint density at radius 2 is 1.67 bits per heavy atom. The van der Waals surface area contributed by atoms with Crippen LogP contribution in [0.5, 0.6) is 0 Å². The molecule has 0 radical (unpaired) electrons. The highest BCUT2D eigenvalue weighted by atomic mass is 16.4. The van der Waals surface area contributed by atoms with Crippen LogP contribution in [0.25, 0.3) is 0 Å². The summed E-state index contributed by atoms with van der Waals surface area (Å²) in [5, 5.41) is 11.4. The number of carbonyl (C=O) groups excluding carboxylic acids is 1. The Bertz CT molecular complexity index is 227. The highest BCUT2D eigenvalue weighted by Gasteiger charge is 2.21. The zero-order valence-corrected chi connectivity index (χ0v) is 9.78. The van der Waals surface area contributed by atoms with Gasteiger partial charge >= 0.3 is 5.97 Å². The molecule has 0 aliphatic carbocycles. The molecule has 0 bridgehead atoms. The number of amides is 1. The molecule has 2 unspecified atom stereocenters. The Balaban J connectivity index is 4.26. The lowest BCUT2D eigenvalue weighted by Gasteiger charge is -2.24. The Morgan fingerprint density at radius 3 is 2.00 bits per heavy atom. The first-order valence-electron chi connectivity index (χ1n) is 5.21. The molecule has 2 atom stereocenters. The van der Waals surface area contributed by atoms with Gasteiger partial charge in [-0.05, 0) is 27.7 Å². The van der Waals surface area contributed by atoms with E-state index < -0.39 is 18.1 Å². The van der Waals surface area contributed by atoms with E-state index in [0.29, 0.717) is 13.1 Å². The average molecular weight is 216 g/mol. The highest BCUT2D eigenvalue weighted by Crippen LogP contribution is 1.96. The maximum atomic E-state index is 11.7. The van der Waals surface area contributed by atoms with Crippen molar-refractivity contribution in [2.45, 2.75) is 39.8 Å². The van der Waals surface area contributed by atoms with Crippen molar-refractivity contribution in [3.63, 3.8) is 0 Å². The molecule has 0 aromatic rings. The third-order valence-electron chi connectivity index (χ3n) is 2.32. The summed E-state index contributed by atoms with van der Waals surface area (Å²) in [6.07, 6.45) is 0. The van der Waals surface area contributed by atoms with Gasteiger partial charge in [0.1, 0.15) is 6.04 Å². The predicted octanol–water partition coefficient (Wildman–Crippen LogP) is 0.306. The Labute approximate surface area is 90.5 Å². The first-order chi connectivity index (χ1) is 6.93. The zero-order valence-electron chi connectivity index (χ0n) is 9.78. The monoisotopic (exact) mass is 216 g/mol. The molecule has 88 valence electrons. The van der Waals surface area contributed by atoms with Crippen LogP contribution in [-0.2, 0) is 9.59 Å². The Kier molecular flexibility index (Phi) is 5.93. The fourth-order valence-corrected chi connectivity index (χ4v) is 1.33. The van der Waals surface area contributed by atoms with E-state index in [0.717, 1.165) is 0 Å². The topological polar surface area (TPSA) is 69.6 Å². The van der Waals surface area contributed by atoms with Crippen LogP contribution < -0.4 is 5.32 Å². The zero-order chi connectivity index (χ0) is 12.0. The molecule has 0 heterocycles. The fraction of sp³-hybridized carbons (Fsp3) is 0.800. The third-order valence-corrected chi connectivity index (χ3v) is 2.32. The molecule has 2 N–H and O–H groups in total. The molecule has 5 heteroatoms. The van der Waals surface area contributed by atoms with Gasteiger partial charge in [0.2, 0.25) is 5.91 Å². The number of aliphatic carboxylic acids is 1. The molecule has 0 aromatic carbocycles. The number of nitrogens with one attached hydrogen (secondary N) is 1. The van der Waals surface area contributed by atoms with Crippen LogP contribution in [0, 0.1) is 0 Å². The van der Waals surface area contributed by atoms with Crippen LogP contribution in [0.3, 0.4) is 0 Å². The van der Waals surface area contributed by atoms with Crippen molar-refractivity contribution < 1.29 is 14.7 Å². The first kappa shape index (κ1) is 13.9. The quantitative estimate of drug-likeness (QED) is 0.670. The molecule has 0 aliphatic rings. The van der Waals surface area contributed by atoms with Crippen LogP contribution in [0.1, 0.15) is 27.7 Å². The van der Waals surface area contributed by atoms with E-state index in [9.17, 15) is 9.59 Å². The lowest BCUT2D eigenvalue weighted by molar-refractivity contribution is -0.140. The number of nitrogens with zero attached hydrogens (tertiary/aromatic N) is 1. The molecule has 15 heavy (non-hydrogen) atoms. The van der Waals surface area contributed by atoms with Crippen LogP contribution in [0.4, 0.5) is 0 Å².